The Balaban J connectivity index is 1.18. The van der Waals surface area contributed by atoms with Gasteiger partial charge >= 0.3 is 0 Å². The Morgan fingerprint density at radius 2 is 2.05 bits per heavy atom. The lowest BCUT2D eigenvalue weighted by molar-refractivity contribution is -0.116. The number of benzene rings is 2. The number of aromatic amines is 1. The topological polar surface area (TPSA) is 113 Å². The molecule has 1 aliphatic carbocycles. The van der Waals surface area contributed by atoms with Crippen molar-refractivity contribution in [3.05, 3.63) is 65.4 Å². The number of carbonyl (C=O) groups excluding carboxylic acids is 1. The first kappa shape index (κ1) is 22.3. The first-order valence-electron chi connectivity index (χ1n) is 12.5. The highest BCUT2D eigenvalue weighted by Crippen LogP contribution is 2.63. The van der Waals surface area contributed by atoms with Crippen LogP contribution in [0.1, 0.15) is 24.0 Å². The summed E-state index contributed by atoms with van der Waals surface area (Å²) in [7, 11) is 0. The Hall–Kier alpha value is -3.92. The highest BCUT2D eigenvalue weighted by atomic mass is 19.1. The van der Waals surface area contributed by atoms with Crippen molar-refractivity contribution in [1.29, 1.82) is 0 Å². The first-order valence-corrected chi connectivity index (χ1v) is 12.5. The molecule has 10 heteroatoms. The summed E-state index contributed by atoms with van der Waals surface area (Å²) in [5.41, 5.74) is 10.7. The van der Waals surface area contributed by atoms with E-state index < -0.39 is 17.0 Å². The van der Waals surface area contributed by atoms with Crippen LogP contribution in [-0.4, -0.2) is 45.7 Å². The largest absolute Gasteiger partial charge is 0.355 e. The minimum atomic E-state index is -0.554. The number of amides is 1. The third-order valence-electron chi connectivity index (χ3n) is 8.48. The van der Waals surface area contributed by atoms with Gasteiger partial charge in [-0.3, -0.25) is 9.89 Å². The number of rotatable bonds is 4. The van der Waals surface area contributed by atoms with E-state index in [9.17, 15) is 13.6 Å². The van der Waals surface area contributed by atoms with Crippen LogP contribution < -0.4 is 16.0 Å². The fourth-order valence-electron chi connectivity index (χ4n) is 6.63. The molecule has 0 radical (unpaired) electrons. The molecule has 1 amide bonds. The summed E-state index contributed by atoms with van der Waals surface area (Å²) in [5.74, 6) is 0.203. The molecule has 2 aromatic carbocycles. The molecule has 4 heterocycles. The van der Waals surface area contributed by atoms with E-state index in [0.29, 0.717) is 47.6 Å². The van der Waals surface area contributed by atoms with Crippen LogP contribution in [0.4, 0.5) is 20.3 Å². The molecule has 0 bridgehead atoms. The average Bonchev–Trinajstić information content (AvgIpc) is 3.37. The summed E-state index contributed by atoms with van der Waals surface area (Å²) < 4.78 is 28.7. The number of nitrogens with one attached hydrogen (secondary N) is 2. The normalized spacial score (nSPS) is 24.5. The van der Waals surface area contributed by atoms with Gasteiger partial charge in [-0.25, -0.2) is 18.7 Å². The van der Waals surface area contributed by atoms with Crippen molar-refractivity contribution in [2.45, 2.75) is 24.7 Å². The third kappa shape index (κ3) is 3.28. The SMILES string of the molecule is NC[C@]1(c2cc(F)ccc2F)[C@@H]2CCN(c3cnc4c(-c5cccc6c5CCC(=O)N6)n[nH]c4n3)C[C@@H]21. The van der Waals surface area contributed by atoms with Gasteiger partial charge in [0.15, 0.2) is 5.65 Å². The zero-order chi connectivity index (χ0) is 25.3. The van der Waals surface area contributed by atoms with E-state index >= 15 is 0 Å². The fourth-order valence-corrected chi connectivity index (χ4v) is 6.63. The maximum Gasteiger partial charge on any atom is 0.224 e. The van der Waals surface area contributed by atoms with Crippen molar-refractivity contribution < 1.29 is 13.6 Å². The van der Waals surface area contributed by atoms with Crippen LogP contribution in [-0.2, 0) is 16.6 Å². The number of nitrogens with two attached hydrogens (primary N) is 1. The molecule has 7 rings (SSSR count). The van der Waals surface area contributed by atoms with Crippen molar-refractivity contribution >= 4 is 28.6 Å². The van der Waals surface area contributed by atoms with Crippen LogP contribution in [0.5, 0.6) is 0 Å². The van der Waals surface area contributed by atoms with Gasteiger partial charge < -0.3 is 16.0 Å². The molecule has 3 atom stereocenters. The number of hydrogen-bond donors (Lipinski definition) is 3. The minimum Gasteiger partial charge on any atom is -0.355 e. The number of piperidine rings is 1. The molecule has 2 aliphatic heterocycles. The van der Waals surface area contributed by atoms with Crippen LogP contribution in [0, 0.1) is 23.5 Å². The quantitative estimate of drug-likeness (QED) is 0.394. The van der Waals surface area contributed by atoms with Crippen LogP contribution in [0.3, 0.4) is 0 Å². The van der Waals surface area contributed by atoms with Gasteiger partial charge in [0.05, 0.1) is 6.20 Å². The van der Waals surface area contributed by atoms with Gasteiger partial charge in [0.1, 0.15) is 28.7 Å². The van der Waals surface area contributed by atoms with Gasteiger partial charge in [-0.1, -0.05) is 12.1 Å². The summed E-state index contributed by atoms with van der Waals surface area (Å²) in [4.78, 5) is 23.5. The molecule has 4 aromatic rings. The molecule has 0 unspecified atom stereocenters. The molecule has 2 fully saturated rings. The Bertz CT molecular complexity index is 1570. The zero-order valence-corrected chi connectivity index (χ0v) is 20.0. The number of carbonyl (C=O) groups is 1. The minimum absolute atomic E-state index is 0.0131. The smallest absolute Gasteiger partial charge is 0.224 e. The standard InChI is InChI=1S/C27H25F2N7O/c28-14-4-6-20(29)18(10-14)27(13-30)17-8-9-36(12-19(17)27)22-11-31-25-24(34-35-26(25)33-22)16-2-1-3-21-15(16)5-7-23(37)32-21/h1-4,6,10-11,17,19H,5,7-9,12-13,30H2,(H,32,37)(H,33,34,35)/t17-,19+,27-/m1/s1. The molecule has 37 heavy (non-hydrogen) atoms. The van der Waals surface area contributed by atoms with Gasteiger partial charge in [-0.2, -0.15) is 5.10 Å². The lowest BCUT2D eigenvalue weighted by Crippen LogP contribution is -2.32. The summed E-state index contributed by atoms with van der Waals surface area (Å²) in [6.07, 6.45) is 3.63. The van der Waals surface area contributed by atoms with Crippen molar-refractivity contribution in [2.75, 3.05) is 29.9 Å². The summed E-state index contributed by atoms with van der Waals surface area (Å²) in [5, 5.41) is 10.5. The number of halogens is 2. The van der Waals surface area contributed by atoms with Gasteiger partial charge in [0, 0.05) is 42.7 Å². The highest BCUT2D eigenvalue weighted by Gasteiger charge is 2.66. The Morgan fingerprint density at radius 1 is 1.16 bits per heavy atom. The maximum atomic E-state index is 14.7. The number of fused-ring (bicyclic) bond motifs is 3. The van der Waals surface area contributed by atoms with Crippen LogP contribution in [0.25, 0.3) is 22.4 Å². The molecule has 3 aliphatic rings. The Kier molecular flexibility index (Phi) is 4.84. The Labute approximate surface area is 211 Å². The van der Waals surface area contributed by atoms with E-state index in [4.69, 9.17) is 15.7 Å². The van der Waals surface area contributed by atoms with Crippen LogP contribution >= 0.6 is 0 Å². The summed E-state index contributed by atoms with van der Waals surface area (Å²) >= 11 is 0. The molecule has 1 saturated heterocycles. The third-order valence-corrected chi connectivity index (χ3v) is 8.48. The number of nitrogens with zero attached hydrogens (tertiary/aromatic N) is 4. The molecule has 0 spiro atoms. The fraction of sp³-hybridized carbons (Fsp3) is 0.333. The predicted octanol–water partition coefficient (Wildman–Crippen LogP) is 3.54. The second kappa shape index (κ2) is 8.04. The van der Waals surface area contributed by atoms with Crippen LogP contribution in [0.2, 0.25) is 0 Å². The summed E-state index contributed by atoms with van der Waals surface area (Å²) in [6.45, 7) is 1.64. The average molecular weight is 502 g/mol. The number of H-pyrrole nitrogens is 1. The van der Waals surface area contributed by atoms with E-state index in [0.717, 1.165) is 35.8 Å². The van der Waals surface area contributed by atoms with Gasteiger partial charge in [0.2, 0.25) is 5.91 Å². The number of anilines is 2. The van der Waals surface area contributed by atoms with Crippen molar-refractivity contribution in [1.82, 2.24) is 20.2 Å². The Morgan fingerprint density at radius 3 is 2.92 bits per heavy atom. The second-order valence-corrected chi connectivity index (χ2v) is 10.2. The highest BCUT2D eigenvalue weighted by molar-refractivity contribution is 5.97. The van der Waals surface area contributed by atoms with Gasteiger partial charge in [0.25, 0.3) is 0 Å². The zero-order valence-electron chi connectivity index (χ0n) is 20.0. The maximum absolute atomic E-state index is 14.7. The van der Waals surface area contributed by atoms with E-state index in [1.807, 2.05) is 18.2 Å². The molecule has 8 nitrogen and oxygen atoms in total. The predicted molar refractivity (Wildman–Crippen MR) is 135 cm³/mol. The number of hydrogen-bond acceptors (Lipinski definition) is 6. The van der Waals surface area contributed by atoms with Crippen molar-refractivity contribution in [3.8, 4) is 11.3 Å². The van der Waals surface area contributed by atoms with E-state index in [2.05, 4.69) is 20.4 Å². The molecule has 4 N–H and O–H groups in total. The first-order chi connectivity index (χ1) is 18.0. The van der Waals surface area contributed by atoms with E-state index in [1.54, 1.807) is 6.20 Å². The van der Waals surface area contributed by atoms with E-state index in [-0.39, 0.29) is 24.3 Å². The second-order valence-electron chi connectivity index (χ2n) is 10.2. The van der Waals surface area contributed by atoms with Crippen molar-refractivity contribution in [3.63, 3.8) is 0 Å². The number of aromatic nitrogens is 4. The van der Waals surface area contributed by atoms with Crippen molar-refractivity contribution in [2.24, 2.45) is 17.6 Å². The van der Waals surface area contributed by atoms with Gasteiger partial charge in [-0.15, -0.1) is 0 Å². The summed E-state index contributed by atoms with van der Waals surface area (Å²) in [6, 6.07) is 9.41. The molecule has 2 aromatic heterocycles. The molecular weight excluding hydrogens is 476 g/mol. The lowest BCUT2D eigenvalue weighted by Gasteiger charge is -2.26. The molecular formula is C27H25F2N7O. The molecule has 188 valence electrons. The van der Waals surface area contributed by atoms with E-state index in [1.165, 1.54) is 12.1 Å². The van der Waals surface area contributed by atoms with Crippen LogP contribution in [0.15, 0.2) is 42.6 Å². The van der Waals surface area contributed by atoms with Gasteiger partial charge in [-0.05, 0) is 60.1 Å². The monoisotopic (exact) mass is 501 g/mol. The lowest BCUT2D eigenvalue weighted by atomic mass is 9.90. The molecule has 1 saturated carbocycles.